The van der Waals surface area contributed by atoms with E-state index in [0.29, 0.717) is 24.5 Å². The largest absolute Gasteiger partial charge is 0.385 e. The molecule has 122 valence electrons. The molecule has 1 aromatic heterocycles. The lowest BCUT2D eigenvalue weighted by Gasteiger charge is -2.09. The van der Waals surface area contributed by atoms with Crippen LogP contribution in [0.5, 0.6) is 0 Å². The molecular weight excluding hydrogens is 358 g/mol. The monoisotopic (exact) mass is 377 g/mol. The van der Waals surface area contributed by atoms with Crippen LogP contribution in [0, 0.1) is 6.92 Å². The van der Waals surface area contributed by atoms with Crippen molar-refractivity contribution in [2.75, 3.05) is 25.6 Å². The summed E-state index contributed by atoms with van der Waals surface area (Å²) in [6.45, 7) is 3.24. The van der Waals surface area contributed by atoms with Crippen molar-refractivity contribution in [1.82, 2.24) is 10.3 Å². The van der Waals surface area contributed by atoms with Crippen LogP contribution in [-0.2, 0) is 4.74 Å². The van der Waals surface area contributed by atoms with Gasteiger partial charge >= 0.3 is 0 Å². The number of halogens is 1. The normalized spacial score (nSPS) is 10.4. The SMILES string of the molecule is COCCCNC(=O)c1ccnc(Nc2ccc(Br)c(C)c2)c1. The van der Waals surface area contributed by atoms with Gasteiger partial charge in [-0.15, -0.1) is 0 Å². The van der Waals surface area contributed by atoms with Gasteiger partial charge in [0.05, 0.1) is 0 Å². The van der Waals surface area contributed by atoms with E-state index in [1.54, 1.807) is 25.4 Å². The number of carbonyl (C=O) groups is 1. The fraction of sp³-hybridized carbons (Fsp3) is 0.294. The Morgan fingerprint density at radius 2 is 2.13 bits per heavy atom. The van der Waals surface area contributed by atoms with E-state index < -0.39 is 0 Å². The number of methoxy groups -OCH3 is 1. The molecule has 0 aliphatic heterocycles. The standard InChI is InChI=1S/C17H20BrN3O2/c1-12-10-14(4-5-15(12)18)21-16-11-13(6-8-19-16)17(22)20-7-3-9-23-2/h4-6,8,10-11H,3,7,9H2,1-2H3,(H,19,21)(H,20,22). The van der Waals surface area contributed by atoms with Crippen LogP contribution in [-0.4, -0.2) is 31.2 Å². The Morgan fingerprint density at radius 1 is 1.30 bits per heavy atom. The first-order valence-electron chi connectivity index (χ1n) is 7.36. The van der Waals surface area contributed by atoms with Crippen LogP contribution in [0.3, 0.4) is 0 Å². The van der Waals surface area contributed by atoms with Crippen molar-refractivity contribution in [3.63, 3.8) is 0 Å². The van der Waals surface area contributed by atoms with Crippen molar-refractivity contribution < 1.29 is 9.53 Å². The van der Waals surface area contributed by atoms with Crippen LogP contribution < -0.4 is 10.6 Å². The van der Waals surface area contributed by atoms with Crippen molar-refractivity contribution in [2.45, 2.75) is 13.3 Å². The Bertz CT molecular complexity index is 677. The summed E-state index contributed by atoms with van der Waals surface area (Å²) in [6.07, 6.45) is 2.41. The summed E-state index contributed by atoms with van der Waals surface area (Å²) in [5, 5.41) is 6.07. The Kier molecular flexibility index (Phi) is 6.55. The third kappa shape index (κ3) is 5.33. The maximum atomic E-state index is 12.1. The molecule has 0 radical (unpaired) electrons. The van der Waals surface area contributed by atoms with Crippen LogP contribution in [0.4, 0.5) is 11.5 Å². The predicted octanol–water partition coefficient (Wildman–Crippen LogP) is 3.66. The average molecular weight is 378 g/mol. The van der Waals surface area contributed by atoms with Crippen LogP contribution in [0.1, 0.15) is 22.3 Å². The molecule has 1 heterocycles. The molecule has 1 amide bonds. The number of nitrogens with one attached hydrogen (secondary N) is 2. The number of hydrogen-bond donors (Lipinski definition) is 2. The van der Waals surface area contributed by atoms with E-state index in [1.165, 1.54) is 0 Å². The smallest absolute Gasteiger partial charge is 0.251 e. The molecular formula is C17H20BrN3O2. The van der Waals surface area contributed by atoms with E-state index in [9.17, 15) is 4.79 Å². The highest BCUT2D eigenvalue weighted by atomic mass is 79.9. The lowest BCUT2D eigenvalue weighted by molar-refractivity contribution is 0.0948. The zero-order valence-electron chi connectivity index (χ0n) is 13.2. The topological polar surface area (TPSA) is 63.2 Å². The number of pyridine rings is 1. The minimum Gasteiger partial charge on any atom is -0.385 e. The van der Waals surface area contributed by atoms with Crippen LogP contribution >= 0.6 is 15.9 Å². The number of aromatic nitrogens is 1. The molecule has 0 spiro atoms. The molecule has 0 unspecified atom stereocenters. The Hall–Kier alpha value is -1.92. The van der Waals surface area contributed by atoms with Gasteiger partial charge in [-0.05, 0) is 49.2 Å². The number of ether oxygens (including phenoxy) is 1. The quantitative estimate of drug-likeness (QED) is 0.722. The summed E-state index contributed by atoms with van der Waals surface area (Å²) in [7, 11) is 1.65. The zero-order valence-corrected chi connectivity index (χ0v) is 14.8. The maximum absolute atomic E-state index is 12.1. The average Bonchev–Trinajstić information content (AvgIpc) is 2.55. The molecule has 0 saturated heterocycles. The van der Waals surface area contributed by atoms with Gasteiger partial charge < -0.3 is 15.4 Å². The van der Waals surface area contributed by atoms with E-state index in [1.807, 2.05) is 25.1 Å². The number of amides is 1. The van der Waals surface area contributed by atoms with Gasteiger partial charge in [0, 0.05) is 42.2 Å². The molecule has 6 heteroatoms. The Morgan fingerprint density at radius 3 is 2.87 bits per heavy atom. The molecule has 23 heavy (non-hydrogen) atoms. The van der Waals surface area contributed by atoms with Gasteiger partial charge in [0.1, 0.15) is 5.82 Å². The number of hydrogen-bond acceptors (Lipinski definition) is 4. The Balaban J connectivity index is 2.01. The maximum Gasteiger partial charge on any atom is 0.251 e. The molecule has 2 N–H and O–H groups in total. The predicted molar refractivity (Wildman–Crippen MR) is 95.2 cm³/mol. The highest BCUT2D eigenvalue weighted by Crippen LogP contribution is 2.22. The minimum absolute atomic E-state index is 0.112. The molecule has 0 aliphatic rings. The van der Waals surface area contributed by atoms with Gasteiger partial charge in [-0.25, -0.2) is 4.98 Å². The summed E-state index contributed by atoms with van der Waals surface area (Å²) < 4.78 is 6.01. The molecule has 1 aromatic carbocycles. The van der Waals surface area contributed by atoms with Gasteiger partial charge in [0.2, 0.25) is 0 Å². The number of benzene rings is 1. The molecule has 5 nitrogen and oxygen atoms in total. The molecule has 0 aliphatic carbocycles. The molecule has 0 fully saturated rings. The zero-order chi connectivity index (χ0) is 16.7. The van der Waals surface area contributed by atoms with Crippen molar-refractivity contribution in [3.05, 3.63) is 52.1 Å². The molecule has 2 aromatic rings. The summed E-state index contributed by atoms with van der Waals surface area (Å²) in [4.78, 5) is 16.4. The second kappa shape index (κ2) is 8.64. The number of rotatable bonds is 7. The van der Waals surface area contributed by atoms with Gasteiger partial charge in [-0.3, -0.25) is 4.79 Å². The first-order chi connectivity index (χ1) is 11.1. The van der Waals surface area contributed by atoms with Gasteiger partial charge in [0.25, 0.3) is 5.91 Å². The number of nitrogens with zero attached hydrogens (tertiary/aromatic N) is 1. The van der Waals surface area contributed by atoms with Crippen molar-refractivity contribution >= 4 is 33.3 Å². The van der Waals surface area contributed by atoms with E-state index in [0.717, 1.165) is 22.1 Å². The number of anilines is 2. The molecule has 0 bridgehead atoms. The summed E-state index contributed by atoms with van der Waals surface area (Å²) in [5.41, 5.74) is 2.63. The van der Waals surface area contributed by atoms with Crippen molar-refractivity contribution in [2.24, 2.45) is 0 Å². The fourth-order valence-electron chi connectivity index (χ4n) is 2.03. The molecule has 0 saturated carbocycles. The van der Waals surface area contributed by atoms with E-state index >= 15 is 0 Å². The fourth-order valence-corrected chi connectivity index (χ4v) is 2.28. The van der Waals surface area contributed by atoms with E-state index in [4.69, 9.17) is 4.74 Å². The number of carbonyl (C=O) groups excluding carboxylic acids is 1. The molecule has 0 atom stereocenters. The summed E-state index contributed by atoms with van der Waals surface area (Å²) >= 11 is 3.48. The summed E-state index contributed by atoms with van der Waals surface area (Å²) in [5.74, 6) is 0.523. The second-order valence-electron chi connectivity index (χ2n) is 5.12. The Labute approximate surface area is 144 Å². The van der Waals surface area contributed by atoms with Crippen LogP contribution in [0.2, 0.25) is 0 Å². The third-order valence-electron chi connectivity index (χ3n) is 3.26. The first-order valence-corrected chi connectivity index (χ1v) is 8.16. The lowest BCUT2D eigenvalue weighted by Crippen LogP contribution is -2.25. The molecule has 2 rings (SSSR count). The van der Waals surface area contributed by atoms with Crippen LogP contribution in [0.25, 0.3) is 0 Å². The lowest BCUT2D eigenvalue weighted by atomic mass is 10.2. The van der Waals surface area contributed by atoms with Gasteiger partial charge in [-0.2, -0.15) is 0 Å². The first kappa shape index (κ1) is 17.4. The highest BCUT2D eigenvalue weighted by Gasteiger charge is 2.07. The van der Waals surface area contributed by atoms with E-state index in [2.05, 4.69) is 31.5 Å². The number of aryl methyl sites for hydroxylation is 1. The van der Waals surface area contributed by atoms with Gasteiger partial charge in [-0.1, -0.05) is 15.9 Å². The third-order valence-corrected chi connectivity index (χ3v) is 4.15. The van der Waals surface area contributed by atoms with Crippen molar-refractivity contribution in [3.8, 4) is 0 Å². The summed E-state index contributed by atoms with van der Waals surface area (Å²) in [6, 6.07) is 9.39. The van der Waals surface area contributed by atoms with Crippen molar-refractivity contribution in [1.29, 1.82) is 0 Å². The minimum atomic E-state index is -0.112. The van der Waals surface area contributed by atoms with Crippen LogP contribution in [0.15, 0.2) is 41.0 Å². The highest BCUT2D eigenvalue weighted by molar-refractivity contribution is 9.10. The second-order valence-corrected chi connectivity index (χ2v) is 5.98. The van der Waals surface area contributed by atoms with Gasteiger partial charge in [0.15, 0.2) is 0 Å². The van der Waals surface area contributed by atoms with E-state index in [-0.39, 0.29) is 5.91 Å².